The van der Waals surface area contributed by atoms with E-state index in [1.165, 1.54) is 5.56 Å². The summed E-state index contributed by atoms with van der Waals surface area (Å²) in [6.45, 7) is 3.76. The molecule has 1 saturated heterocycles. The van der Waals surface area contributed by atoms with E-state index in [1.807, 2.05) is 30.1 Å². The fraction of sp³-hybridized carbons (Fsp3) is 0.529. The number of hydrogen-bond donors (Lipinski definition) is 0. The van der Waals surface area contributed by atoms with Crippen molar-refractivity contribution in [1.29, 1.82) is 0 Å². The van der Waals surface area contributed by atoms with Gasteiger partial charge in [-0.2, -0.15) is 0 Å². The van der Waals surface area contributed by atoms with Crippen LogP contribution in [0.15, 0.2) is 35.3 Å². The van der Waals surface area contributed by atoms with Crippen LogP contribution in [-0.4, -0.2) is 30.1 Å². The molecule has 3 rings (SSSR count). The van der Waals surface area contributed by atoms with Crippen molar-refractivity contribution in [3.05, 3.63) is 35.9 Å². The molecule has 1 aliphatic heterocycles. The van der Waals surface area contributed by atoms with Crippen LogP contribution in [0.1, 0.15) is 31.7 Å². The van der Waals surface area contributed by atoms with Crippen molar-refractivity contribution in [1.82, 2.24) is 4.90 Å². The lowest BCUT2D eigenvalue weighted by molar-refractivity contribution is -0.132. The molecule has 1 aromatic rings. The predicted octanol–water partition coefficient (Wildman–Crippen LogP) is 2.91. The number of rotatable bonds is 2. The average molecular weight is 270 g/mol. The fourth-order valence-corrected chi connectivity index (χ4v) is 3.85. The maximum Gasteiger partial charge on any atom is 0.234 e. The van der Waals surface area contributed by atoms with Gasteiger partial charge in [-0.15, -0.1) is 0 Å². The van der Waals surface area contributed by atoms with E-state index >= 15 is 0 Å². The minimum absolute atomic E-state index is 0.286. The Labute approximate surface area is 120 Å². The highest BCUT2D eigenvalue weighted by atomic mass is 16.2. The Morgan fingerprint density at radius 1 is 1.35 bits per heavy atom. The molecule has 3 nitrogen and oxygen atoms in total. The molecule has 0 unspecified atom stereocenters. The molecule has 0 N–H and O–H groups in total. The van der Waals surface area contributed by atoms with Gasteiger partial charge < -0.3 is 4.90 Å². The van der Waals surface area contributed by atoms with E-state index in [9.17, 15) is 4.79 Å². The van der Waals surface area contributed by atoms with Crippen molar-refractivity contribution in [3.8, 4) is 0 Å². The Morgan fingerprint density at radius 2 is 2.10 bits per heavy atom. The van der Waals surface area contributed by atoms with E-state index in [1.54, 1.807) is 0 Å². The predicted molar refractivity (Wildman–Crippen MR) is 80.7 cm³/mol. The third-order valence-corrected chi connectivity index (χ3v) is 4.91. The van der Waals surface area contributed by atoms with Crippen molar-refractivity contribution in [3.63, 3.8) is 0 Å². The zero-order valence-corrected chi connectivity index (χ0v) is 12.3. The van der Waals surface area contributed by atoms with Gasteiger partial charge in [0.2, 0.25) is 5.91 Å². The smallest absolute Gasteiger partial charge is 0.234 e. The first-order valence-corrected chi connectivity index (χ1v) is 7.48. The summed E-state index contributed by atoms with van der Waals surface area (Å²) < 4.78 is 0. The maximum atomic E-state index is 12.6. The molecule has 1 amide bonds. The van der Waals surface area contributed by atoms with Crippen LogP contribution in [-0.2, 0) is 11.3 Å². The third kappa shape index (κ3) is 1.96. The summed E-state index contributed by atoms with van der Waals surface area (Å²) in [6, 6.07) is 10.3. The van der Waals surface area contributed by atoms with Crippen LogP contribution in [0.2, 0.25) is 0 Å². The van der Waals surface area contributed by atoms with Gasteiger partial charge in [0.1, 0.15) is 0 Å². The summed E-state index contributed by atoms with van der Waals surface area (Å²) in [6.07, 6.45) is 3.05. The number of benzene rings is 1. The summed E-state index contributed by atoms with van der Waals surface area (Å²) in [5, 5.41) is 0. The highest BCUT2D eigenvalue weighted by molar-refractivity contribution is 6.11. The fourth-order valence-electron chi connectivity index (χ4n) is 3.85. The number of amides is 1. The van der Waals surface area contributed by atoms with Crippen LogP contribution in [0.25, 0.3) is 0 Å². The quantitative estimate of drug-likeness (QED) is 0.813. The SMILES string of the molecule is C[C@H]1CN(C)C(=O)[C@]12CCCC2=NCc1ccccc1. The van der Waals surface area contributed by atoms with Crippen LogP contribution in [0.5, 0.6) is 0 Å². The molecular formula is C17H22N2O. The summed E-state index contributed by atoms with van der Waals surface area (Å²) >= 11 is 0. The van der Waals surface area contributed by atoms with Gasteiger partial charge in [-0.1, -0.05) is 37.3 Å². The van der Waals surface area contributed by atoms with Gasteiger partial charge >= 0.3 is 0 Å². The summed E-state index contributed by atoms with van der Waals surface area (Å²) in [4.78, 5) is 19.3. The molecule has 1 saturated carbocycles. The molecule has 0 radical (unpaired) electrons. The van der Waals surface area contributed by atoms with Crippen molar-refractivity contribution in [2.75, 3.05) is 13.6 Å². The second-order valence-corrected chi connectivity index (χ2v) is 6.16. The van der Waals surface area contributed by atoms with Crippen molar-refractivity contribution in [2.24, 2.45) is 16.3 Å². The first-order chi connectivity index (χ1) is 9.64. The molecule has 2 aliphatic rings. The normalized spacial score (nSPS) is 31.7. The summed E-state index contributed by atoms with van der Waals surface area (Å²) in [5.74, 6) is 0.673. The Kier molecular flexibility index (Phi) is 3.36. The van der Waals surface area contributed by atoms with Crippen LogP contribution >= 0.6 is 0 Å². The molecule has 0 aromatic heterocycles. The molecule has 2 atom stereocenters. The van der Waals surface area contributed by atoms with Crippen molar-refractivity contribution >= 4 is 11.6 Å². The number of nitrogens with zero attached hydrogens (tertiary/aromatic N) is 2. The lowest BCUT2D eigenvalue weighted by atomic mass is 9.75. The Morgan fingerprint density at radius 3 is 2.75 bits per heavy atom. The number of hydrogen-bond acceptors (Lipinski definition) is 2. The van der Waals surface area contributed by atoms with E-state index in [-0.39, 0.29) is 11.3 Å². The third-order valence-electron chi connectivity index (χ3n) is 4.91. The second-order valence-electron chi connectivity index (χ2n) is 6.16. The topological polar surface area (TPSA) is 32.7 Å². The molecule has 0 bridgehead atoms. The van der Waals surface area contributed by atoms with Gasteiger partial charge in [0, 0.05) is 19.3 Å². The number of carbonyl (C=O) groups is 1. The van der Waals surface area contributed by atoms with Gasteiger partial charge in [-0.3, -0.25) is 9.79 Å². The second kappa shape index (κ2) is 5.04. The summed E-state index contributed by atoms with van der Waals surface area (Å²) in [7, 11) is 1.92. The Bertz CT molecular complexity index is 537. The number of likely N-dealkylation sites (tertiary alicyclic amines) is 1. The molecule has 1 aliphatic carbocycles. The first kappa shape index (κ1) is 13.3. The lowest BCUT2D eigenvalue weighted by Gasteiger charge is -2.26. The van der Waals surface area contributed by atoms with Crippen LogP contribution in [0.4, 0.5) is 0 Å². The molecule has 1 spiro atoms. The van der Waals surface area contributed by atoms with Gasteiger partial charge in [-0.25, -0.2) is 0 Å². The van der Waals surface area contributed by atoms with Gasteiger partial charge in [0.25, 0.3) is 0 Å². The van der Waals surface area contributed by atoms with Gasteiger partial charge in [0.05, 0.1) is 12.0 Å². The van der Waals surface area contributed by atoms with Gasteiger partial charge in [-0.05, 0) is 30.7 Å². The zero-order chi connectivity index (χ0) is 14.2. The largest absolute Gasteiger partial charge is 0.345 e. The van der Waals surface area contributed by atoms with E-state index in [2.05, 4.69) is 19.1 Å². The number of aliphatic imine (C=N–C) groups is 1. The van der Waals surface area contributed by atoms with Gasteiger partial charge in [0.15, 0.2) is 0 Å². The monoisotopic (exact) mass is 270 g/mol. The zero-order valence-electron chi connectivity index (χ0n) is 12.3. The molecular weight excluding hydrogens is 248 g/mol. The maximum absolute atomic E-state index is 12.6. The minimum atomic E-state index is -0.288. The highest BCUT2D eigenvalue weighted by Gasteiger charge is 2.55. The Hall–Kier alpha value is -1.64. The van der Waals surface area contributed by atoms with Crippen LogP contribution < -0.4 is 0 Å². The lowest BCUT2D eigenvalue weighted by Crippen LogP contribution is -2.38. The first-order valence-electron chi connectivity index (χ1n) is 7.48. The molecule has 1 aromatic carbocycles. The molecule has 2 fully saturated rings. The van der Waals surface area contributed by atoms with E-state index < -0.39 is 0 Å². The molecule has 3 heteroatoms. The van der Waals surface area contributed by atoms with E-state index in [0.717, 1.165) is 31.5 Å². The minimum Gasteiger partial charge on any atom is -0.345 e. The van der Waals surface area contributed by atoms with E-state index in [4.69, 9.17) is 4.99 Å². The summed E-state index contributed by atoms with van der Waals surface area (Å²) in [5.41, 5.74) is 2.07. The van der Waals surface area contributed by atoms with Crippen LogP contribution in [0.3, 0.4) is 0 Å². The molecule has 20 heavy (non-hydrogen) atoms. The Balaban J connectivity index is 1.87. The molecule has 106 valence electrons. The standard InChI is InChI=1S/C17H22N2O/c1-13-12-19(2)16(20)17(13)10-6-9-15(17)18-11-14-7-4-3-5-8-14/h3-5,7-8,13H,6,9-12H2,1-2H3/t13-,17+/m0/s1. The van der Waals surface area contributed by atoms with E-state index in [0.29, 0.717) is 12.5 Å². The highest BCUT2D eigenvalue weighted by Crippen LogP contribution is 2.47. The number of carbonyl (C=O) groups excluding carboxylic acids is 1. The molecule has 1 heterocycles. The van der Waals surface area contributed by atoms with Crippen LogP contribution in [0, 0.1) is 11.3 Å². The van der Waals surface area contributed by atoms with Crippen molar-refractivity contribution in [2.45, 2.75) is 32.7 Å². The average Bonchev–Trinajstić information content (AvgIpc) is 2.97. The van der Waals surface area contributed by atoms with Crippen molar-refractivity contribution < 1.29 is 4.79 Å².